The Bertz CT molecular complexity index is 1640. The Hall–Kier alpha value is -5.31. The van der Waals surface area contributed by atoms with E-state index in [0.29, 0.717) is 0 Å². The fourth-order valence-corrected chi connectivity index (χ4v) is 4.63. The van der Waals surface area contributed by atoms with Crippen LogP contribution in [0.4, 0.5) is 20.2 Å². The molecule has 0 saturated carbocycles. The molecule has 4 aromatic carbocycles. The topological polar surface area (TPSA) is 91.8 Å². The van der Waals surface area contributed by atoms with Gasteiger partial charge < -0.3 is 0 Å². The van der Waals surface area contributed by atoms with Crippen molar-refractivity contribution in [3.05, 3.63) is 130 Å². The van der Waals surface area contributed by atoms with Crippen LogP contribution in [0.15, 0.2) is 84.9 Å². The van der Waals surface area contributed by atoms with Crippen molar-refractivity contribution in [1.82, 2.24) is 0 Å². The van der Waals surface area contributed by atoms with Gasteiger partial charge in [-0.25, -0.2) is 18.6 Å². The van der Waals surface area contributed by atoms with Crippen LogP contribution in [0, 0.1) is 11.6 Å². The van der Waals surface area contributed by atoms with E-state index in [0.717, 1.165) is 21.9 Å². The third kappa shape index (κ3) is 3.44. The first-order valence-corrected chi connectivity index (χ1v) is 11.4. The minimum atomic E-state index is -0.703. The van der Waals surface area contributed by atoms with Gasteiger partial charge >= 0.3 is 0 Å². The second kappa shape index (κ2) is 8.38. The van der Waals surface area contributed by atoms with Crippen molar-refractivity contribution in [2.45, 2.75) is 0 Å². The minimum absolute atomic E-state index is 0.0187. The van der Waals surface area contributed by atoms with Crippen molar-refractivity contribution in [2.24, 2.45) is 0 Å². The number of anilines is 2. The predicted molar refractivity (Wildman–Crippen MR) is 131 cm³/mol. The lowest BCUT2D eigenvalue weighted by molar-refractivity contribution is 0.0910. The zero-order chi connectivity index (χ0) is 26.7. The number of carbonyl (C=O) groups is 5. The molecule has 0 N–H and O–H groups in total. The van der Waals surface area contributed by atoms with E-state index in [2.05, 4.69) is 0 Å². The van der Waals surface area contributed by atoms with E-state index in [1.807, 2.05) is 0 Å². The number of nitrogens with zero attached hydrogens (tertiary/aromatic N) is 2. The van der Waals surface area contributed by atoms with Gasteiger partial charge in [0.15, 0.2) is 5.78 Å². The van der Waals surface area contributed by atoms with Gasteiger partial charge in [-0.3, -0.25) is 24.0 Å². The van der Waals surface area contributed by atoms with Crippen LogP contribution >= 0.6 is 0 Å². The molecule has 0 saturated heterocycles. The molecule has 0 aromatic heterocycles. The minimum Gasteiger partial charge on any atom is -0.289 e. The highest BCUT2D eigenvalue weighted by molar-refractivity contribution is 6.36. The largest absolute Gasteiger partial charge is 0.289 e. The number of fused-ring (bicyclic) bond motifs is 2. The summed E-state index contributed by atoms with van der Waals surface area (Å²) in [5, 5.41) is 0. The molecule has 38 heavy (non-hydrogen) atoms. The van der Waals surface area contributed by atoms with E-state index in [-0.39, 0.29) is 44.8 Å². The summed E-state index contributed by atoms with van der Waals surface area (Å²) < 4.78 is 27.4. The molecular weight excluding hydrogens is 494 g/mol. The van der Waals surface area contributed by atoms with Crippen LogP contribution < -0.4 is 9.80 Å². The van der Waals surface area contributed by atoms with Crippen molar-refractivity contribution in [2.75, 3.05) is 9.80 Å². The normalized spacial score (nSPS) is 14.3. The molecule has 0 fully saturated rings. The Morgan fingerprint density at radius 1 is 0.500 bits per heavy atom. The van der Waals surface area contributed by atoms with E-state index in [1.165, 1.54) is 72.8 Å². The maximum atomic E-state index is 13.7. The van der Waals surface area contributed by atoms with Gasteiger partial charge in [0.2, 0.25) is 0 Å². The molecule has 4 aromatic rings. The molecule has 9 heteroatoms. The SMILES string of the molecule is O=C(c1ccc2c(c1)C(=O)N(c1cccc(F)c1)C2=O)c1ccc2c(c1)C(=O)N(c1cccc(F)c1)C2=O. The number of benzene rings is 4. The zero-order valence-electron chi connectivity index (χ0n) is 19.3. The quantitative estimate of drug-likeness (QED) is 0.292. The summed E-state index contributed by atoms with van der Waals surface area (Å²) in [5.74, 6) is -4.48. The maximum absolute atomic E-state index is 13.7. The van der Waals surface area contributed by atoms with Gasteiger partial charge in [0.1, 0.15) is 11.6 Å². The summed E-state index contributed by atoms with van der Waals surface area (Å²) in [6.45, 7) is 0. The Morgan fingerprint density at radius 3 is 1.29 bits per heavy atom. The summed E-state index contributed by atoms with van der Waals surface area (Å²) in [4.78, 5) is 66.7. The van der Waals surface area contributed by atoms with E-state index >= 15 is 0 Å². The lowest BCUT2D eigenvalue weighted by Crippen LogP contribution is -2.29. The van der Waals surface area contributed by atoms with Crippen molar-refractivity contribution in [3.63, 3.8) is 0 Å². The van der Waals surface area contributed by atoms with E-state index in [4.69, 9.17) is 0 Å². The highest BCUT2D eigenvalue weighted by Crippen LogP contribution is 2.32. The first-order valence-electron chi connectivity index (χ1n) is 11.4. The molecule has 2 heterocycles. The number of carbonyl (C=O) groups excluding carboxylic acids is 5. The fourth-order valence-electron chi connectivity index (χ4n) is 4.63. The molecule has 0 spiro atoms. The van der Waals surface area contributed by atoms with E-state index in [9.17, 15) is 32.8 Å². The maximum Gasteiger partial charge on any atom is 0.266 e. The number of imide groups is 2. The first kappa shape index (κ1) is 23.1. The predicted octanol–water partition coefficient (Wildman–Crippen LogP) is 4.80. The molecule has 4 amide bonds. The van der Waals surface area contributed by atoms with Gasteiger partial charge in [-0.1, -0.05) is 24.3 Å². The van der Waals surface area contributed by atoms with Gasteiger partial charge in [-0.05, 0) is 60.7 Å². The summed E-state index contributed by atoms with van der Waals surface area (Å²) in [7, 11) is 0. The molecule has 2 aliphatic heterocycles. The number of amides is 4. The van der Waals surface area contributed by atoms with Crippen molar-refractivity contribution < 1.29 is 32.8 Å². The Kier molecular flexibility index (Phi) is 5.09. The lowest BCUT2D eigenvalue weighted by atomic mass is 9.96. The molecular formula is C29H14F2N2O5. The third-order valence-electron chi connectivity index (χ3n) is 6.43. The molecule has 7 nitrogen and oxygen atoms in total. The highest BCUT2D eigenvalue weighted by Gasteiger charge is 2.39. The van der Waals surface area contributed by atoms with Crippen molar-refractivity contribution in [3.8, 4) is 0 Å². The van der Waals surface area contributed by atoms with Crippen LogP contribution in [-0.2, 0) is 0 Å². The summed E-state index contributed by atoms with van der Waals surface area (Å²) in [6.07, 6.45) is 0. The van der Waals surface area contributed by atoms with Gasteiger partial charge in [0.05, 0.1) is 33.6 Å². The van der Waals surface area contributed by atoms with Crippen LogP contribution in [0.5, 0.6) is 0 Å². The van der Waals surface area contributed by atoms with Crippen LogP contribution in [0.1, 0.15) is 57.4 Å². The van der Waals surface area contributed by atoms with Crippen LogP contribution in [0.3, 0.4) is 0 Å². The van der Waals surface area contributed by atoms with Gasteiger partial charge in [0, 0.05) is 11.1 Å². The average molecular weight is 508 g/mol. The summed E-state index contributed by atoms with van der Waals surface area (Å²) >= 11 is 0. The number of hydrogen-bond acceptors (Lipinski definition) is 5. The molecule has 2 aliphatic rings. The molecule has 0 radical (unpaired) electrons. The Balaban J connectivity index is 1.32. The smallest absolute Gasteiger partial charge is 0.266 e. The van der Waals surface area contributed by atoms with Gasteiger partial charge in [-0.15, -0.1) is 0 Å². The van der Waals surface area contributed by atoms with Crippen LogP contribution in [0.2, 0.25) is 0 Å². The van der Waals surface area contributed by atoms with Gasteiger partial charge in [0.25, 0.3) is 23.6 Å². The molecule has 0 atom stereocenters. The van der Waals surface area contributed by atoms with Crippen LogP contribution in [-0.4, -0.2) is 29.4 Å². The third-order valence-corrected chi connectivity index (χ3v) is 6.43. The monoisotopic (exact) mass is 508 g/mol. The molecule has 0 aliphatic carbocycles. The fraction of sp³-hybridized carbons (Fsp3) is 0. The number of ketones is 1. The zero-order valence-corrected chi connectivity index (χ0v) is 19.3. The Morgan fingerprint density at radius 2 is 0.895 bits per heavy atom. The second-order valence-corrected chi connectivity index (χ2v) is 8.70. The van der Waals surface area contributed by atoms with E-state index < -0.39 is 41.0 Å². The van der Waals surface area contributed by atoms with Crippen LogP contribution in [0.25, 0.3) is 0 Å². The standard InChI is InChI=1S/C29H14F2N2O5/c30-17-3-1-5-19(13-17)32-26(35)21-9-7-15(11-23(21)28(32)37)25(34)16-8-10-22-24(12-16)29(38)33(27(22)36)20-6-2-4-18(31)14-20/h1-14H. The molecule has 184 valence electrons. The number of halogens is 2. The summed E-state index contributed by atoms with van der Waals surface area (Å²) in [6, 6.07) is 18.1. The molecule has 6 rings (SSSR count). The Labute approximate surface area is 213 Å². The number of rotatable bonds is 4. The van der Waals surface area contributed by atoms with Crippen molar-refractivity contribution in [1.29, 1.82) is 0 Å². The summed E-state index contributed by atoms with van der Waals surface area (Å²) in [5.41, 5.74) is 0.369. The molecule has 0 bridgehead atoms. The lowest BCUT2D eigenvalue weighted by Gasteiger charge is -2.13. The first-order chi connectivity index (χ1) is 18.2. The number of hydrogen-bond donors (Lipinski definition) is 0. The average Bonchev–Trinajstić information content (AvgIpc) is 3.31. The van der Waals surface area contributed by atoms with E-state index in [1.54, 1.807) is 0 Å². The second-order valence-electron chi connectivity index (χ2n) is 8.70. The highest BCUT2D eigenvalue weighted by atomic mass is 19.1. The van der Waals surface area contributed by atoms with Gasteiger partial charge in [-0.2, -0.15) is 0 Å². The van der Waals surface area contributed by atoms with Crippen molar-refractivity contribution >= 4 is 40.8 Å². The molecule has 0 unspecified atom stereocenters.